The van der Waals surface area contributed by atoms with E-state index < -0.39 is 11.9 Å². The summed E-state index contributed by atoms with van der Waals surface area (Å²) in [6.45, 7) is 2.03. The van der Waals surface area contributed by atoms with Gasteiger partial charge in [0.1, 0.15) is 0 Å². The van der Waals surface area contributed by atoms with Gasteiger partial charge in [-0.25, -0.2) is 0 Å². The van der Waals surface area contributed by atoms with Gasteiger partial charge in [0.25, 0.3) is 0 Å². The average Bonchev–Trinajstić information content (AvgIpc) is 2.46. The number of carboxylic acid groups (broad SMARTS) is 1. The number of hydrogen-bond acceptors (Lipinski definition) is 2. The van der Waals surface area contributed by atoms with E-state index in [0.29, 0.717) is 6.42 Å². The molecule has 0 bridgehead atoms. The molecule has 1 amide bonds. The number of aliphatic carboxylic acids is 1. The molecule has 0 saturated heterocycles. The molecule has 0 saturated carbocycles. The highest BCUT2D eigenvalue weighted by Crippen LogP contribution is 2.31. The summed E-state index contributed by atoms with van der Waals surface area (Å²) in [7, 11) is 0. The highest BCUT2D eigenvalue weighted by atomic mass is 16.4. The molecule has 2 atom stereocenters. The maximum absolute atomic E-state index is 12.3. The fourth-order valence-corrected chi connectivity index (χ4v) is 2.78. The summed E-state index contributed by atoms with van der Waals surface area (Å²) in [5.74, 6) is -1.53. The number of fused-ring (bicyclic) bond motifs is 1. The lowest BCUT2D eigenvalue weighted by Gasteiger charge is -2.25. The van der Waals surface area contributed by atoms with Crippen LogP contribution in [0.25, 0.3) is 0 Å². The second-order valence-electron chi connectivity index (χ2n) is 5.33. The number of nitrogens with one attached hydrogen (secondary N) is 1. The van der Waals surface area contributed by atoms with Crippen molar-refractivity contribution in [2.24, 2.45) is 5.92 Å². The maximum Gasteiger partial charge on any atom is 0.308 e. The molecule has 4 nitrogen and oxygen atoms in total. The zero-order valence-corrected chi connectivity index (χ0v) is 11.8. The number of amides is 1. The topological polar surface area (TPSA) is 66.4 Å². The fourth-order valence-electron chi connectivity index (χ4n) is 2.78. The van der Waals surface area contributed by atoms with Gasteiger partial charge in [-0.1, -0.05) is 31.2 Å². The first kappa shape index (κ1) is 14.6. The molecule has 0 fully saturated rings. The number of carboxylic acids is 1. The third-order valence-electron chi connectivity index (χ3n) is 4.05. The SMILES string of the molecule is CCC(CNC(=O)C1CCCc2ccccc21)C(=O)O. The Bertz CT molecular complexity index is 498. The highest BCUT2D eigenvalue weighted by Gasteiger charge is 2.27. The Hall–Kier alpha value is -1.84. The van der Waals surface area contributed by atoms with E-state index in [-0.39, 0.29) is 18.4 Å². The molecular weight excluding hydrogens is 254 g/mol. The van der Waals surface area contributed by atoms with E-state index in [4.69, 9.17) is 5.11 Å². The molecule has 0 spiro atoms. The van der Waals surface area contributed by atoms with Crippen molar-refractivity contribution >= 4 is 11.9 Å². The predicted molar refractivity (Wildman–Crippen MR) is 76.5 cm³/mol. The van der Waals surface area contributed by atoms with E-state index in [9.17, 15) is 9.59 Å². The smallest absolute Gasteiger partial charge is 0.308 e. The minimum Gasteiger partial charge on any atom is -0.481 e. The molecule has 0 aromatic heterocycles. The summed E-state index contributed by atoms with van der Waals surface area (Å²) in [5.41, 5.74) is 2.34. The Labute approximate surface area is 119 Å². The third-order valence-corrected chi connectivity index (χ3v) is 4.05. The van der Waals surface area contributed by atoms with Gasteiger partial charge < -0.3 is 10.4 Å². The first-order valence-electron chi connectivity index (χ1n) is 7.21. The molecule has 0 aliphatic heterocycles. The average molecular weight is 275 g/mol. The van der Waals surface area contributed by atoms with Crippen LogP contribution in [0.5, 0.6) is 0 Å². The van der Waals surface area contributed by atoms with Crippen LogP contribution in [0.1, 0.15) is 43.2 Å². The van der Waals surface area contributed by atoms with Gasteiger partial charge in [-0.2, -0.15) is 0 Å². The van der Waals surface area contributed by atoms with Crippen LogP contribution >= 0.6 is 0 Å². The summed E-state index contributed by atoms with van der Waals surface area (Å²) in [6, 6.07) is 8.03. The van der Waals surface area contributed by atoms with Crippen molar-refractivity contribution < 1.29 is 14.7 Å². The second kappa shape index (κ2) is 6.55. The van der Waals surface area contributed by atoms with Crippen molar-refractivity contribution in [1.29, 1.82) is 0 Å². The van der Waals surface area contributed by atoms with Gasteiger partial charge in [0, 0.05) is 6.54 Å². The number of benzene rings is 1. The van der Waals surface area contributed by atoms with Gasteiger partial charge in [0.05, 0.1) is 11.8 Å². The largest absolute Gasteiger partial charge is 0.481 e. The molecule has 108 valence electrons. The summed E-state index contributed by atoms with van der Waals surface area (Å²) in [4.78, 5) is 23.3. The summed E-state index contributed by atoms with van der Waals surface area (Å²) in [5, 5.41) is 11.8. The number of carbonyl (C=O) groups excluding carboxylic acids is 1. The van der Waals surface area contributed by atoms with Crippen molar-refractivity contribution in [3.63, 3.8) is 0 Å². The van der Waals surface area contributed by atoms with Crippen LogP contribution in [-0.4, -0.2) is 23.5 Å². The Morgan fingerprint density at radius 2 is 2.15 bits per heavy atom. The van der Waals surface area contributed by atoms with E-state index >= 15 is 0 Å². The fraction of sp³-hybridized carbons (Fsp3) is 0.500. The number of hydrogen-bond donors (Lipinski definition) is 2. The van der Waals surface area contributed by atoms with Crippen molar-refractivity contribution in [2.45, 2.75) is 38.5 Å². The predicted octanol–water partition coefficient (Wildman–Crippen LogP) is 2.33. The van der Waals surface area contributed by atoms with Gasteiger partial charge in [-0.15, -0.1) is 0 Å². The third kappa shape index (κ3) is 3.18. The van der Waals surface area contributed by atoms with Crippen molar-refractivity contribution in [3.05, 3.63) is 35.4 Å². The Balaban J connectivity index is 2.02. The first-order valence-corrected chi connectivity index (χ1v) is 7.21. The van der Waals surface area contributed by atoms with E-state index in [1.165, 1.54) is 5.56 Å². The van der Waals surface area contributed by atoms with Gasteiger partial charge in [-0.3, -0.25) is 9.59 Å². The molecule has 1 aromatic carbocycles. The van der Waals surface area contributed by atoms with Gasteiger partial charge in [-0.05, 0) is 36.8 Å². The van der Waals surface area contributed by atoms with E-state index in [0.717, 1.165) is 24.8 Å². The normalized spacial score (nSPS) is 18.9. The van der Waals surface area contributed by atoms with Gasteiger partial charge in [0.15, 0.2) is 0 Å². The number of aryl methyl sites for hydroxylation is 1. The lowest BCUT2D eigenvalue weighted by atomic mass is 9.82. The summed E-state index contributed by atoms with van der Waals surface area (Å²) in [6.07, 6.45) is 3.39. The maximum atomic E-state index is 12.3. The van der Waals surface area contributed by atoms with Crippen LogP contribution in [0.2, 0.25) is 0 Å². The van der Waals surface area contributed by atoms with E-state index in [1.807, 2.05) is 25.1 Å². The number of rotatable bonds is 5. The molecule has 1 aliphatic carbocycles. The Morgan fingerprint density at radius 1 is 1.40 bits per heavy atom. The van der Waals surface area contributed by atoms with Gasteiger partial charge >= 0.3 is 5.97 Å². The zero-order chi connectivity index (χ0) is 14.5. The van der Waals surface area contributed by atoms with Crippen molar-refractivity contribution in [2.75, 3.05) is 6.54 Å². The monoisotopic (exact) mass is 275 g/mol. The molecule has 0 radical (unpaired) electrons. The molecule has 4 heteroatoms. The lowest BCUT2D eigenvalue weighted by Crippen LogP contribution is -2.36. The Kier molecular flexibility index (Phi) is 4.77. The standard InChI is InChI=1S/C16H21NO3/c1-2-11(16(19)20)10-17-15(18)14-9-5-7-12-6-3-4-8-13(12)14/h3-4,6,8,11,14H,2,5,7,9-10H2,1H3,(H,17,18)(H,19,20). The molecule has 0 heterocycles. The highest BCUT2D eigenvalue weighted by molar-refractivity contribution is 5.84. The quantitative estimate of drug-likeness (QED) is 0.866. The molecule has 1 aromatic rings. The molecule has 1 aliphatic rings. The van der Waals surface area contributed by atoms with Crippen LogP contribution in [-0.2, 0) is 16.0 Å². The van der Waals surface area contributed by atoms with Crippen molar-refractivity contribution in [1.82, 2.24) is 5.32 Å². The van der Waals surface area contributed by atoms with Gasteiger partial charge in [0.2, 0.25) is 5.91 Å². The molecule has 2 N–H and O–H groups in total. The number of carbonyl (C=O) groups is 2. The molecular formula is C16H21NO3. The first-order chi connectivity index (χ1) is 9.63. The molecule has 2 unspecified atom stereocenters. The van der Waals surface area contributed by atoms with Crippen LogP contribution < -0.4 is 5.32 Å². The van der Waals surface area contributed by atoms with Crippen molar-refractivity contribution in [3.8, 4) is 0 Å². The van der Waals surface area contributed by atoms with Crippen LogP contribution in [0.15, 0.2) is 24.3 Å². The van der Waals surface area contributed by atoms with E-state index in [1.54, 1.807) is 0 Å². The minimum atomic E-state index is -0.850. The summed E-state index contributed by atoms with van der Waals surface area (Å²) < 4.78 is 0. The Morgan fingerprint density at radius 3 is 2.85 bits per heavy atom. The minimum absolute atomic E-state index is 0.0446. The molecule has 2 rings (SSSR count). The van der Waals surface area contributed by atoms with Crippen LogP contribution in [0.4, 0.5) is 0 Å². The van der Waals surface area contributed by atoms with E-state index in [2.05, 4.69) is 11.4 Å². The van der Waals surface area contributed by atoms with Crippen LogP contribution in [0.3, 0.4) is 0 Å². The second-order valence-corrected chi connectivity index (χ2v) is 5.33. The zero-order valence-electron chi connectivity index (χ0n) is 11.8. The summed E-state index contributed by atoms with van der Waals surface area (Å²) >= 11 is 0. The molecule has 20 heavy (non-hydrogen) atoms. The lowest BCUT2D eigenvalue weighted by molar-refractivity contribution is -0.141. The van der Waals surface area contributed by atoms with Crippen LogP contribution in [0, 0.1) is 5.92 Å².